The summed E-state index contributed by atoms with van der Waals surface area (Å²) in [6.45, 7) is 10.4. The van der Waals surface area contributed by atoms with Crippen LogP contribution in [0, 0.1) is 5.92 Å². The number of pyridine rings is 1. The first-order valence-corrected chi connectivity index (χ1v) is 6.48. The average Bonchev–Trinajstić information content (AvgIpc) is 2.40. The molecule has 2 unspecified atom stereocenters. The fourth-order valence-corrected chi connectivity index (χ4v) is 3.31. The van der Waals surface area contributed by atoms with Crippen molar-refractivity contribution < 1.29 is 0 Å². The second kappa shape index (κ2) is 4.25. The highest BCUT2D eigenvalue weighted by Gasteiger charge is 2.32. The van der Waals surface area contributed by atoms with Crippen molar-refractivity contribution >= 4 is 12.2 Å². The Morgan fingerprint density at radius 3 is 2.78 bits per heavy atom. The summed E-state index contributed by atoms with van der Waals surface area (Å²) < 4.78 is 1.95. The van der Waals surface area contributed by atoms with Gasteiger partial charge < -0.3 is 9.88 Å². The van der Waals surface area contributed by atoms with Crippen molar-refractivity contribution in [2.24, 2.45) is 5.92 Å². The van der Waals surface area contributed by atoms with Crippen molar-refractivity contribution in [1.29, 1.82) is 0 Å². The van der Waals surface area contributed by atoms with Crippen LogP contribution in [0.2, 0.25) is 0 Å². The van der Waals surface area contributed by atoms with Crippen molar-refractivity contribution in [3.8, 4) is 0 Å². The van der Waals surface area contributed by atoms with E-state index in [1.165, 1.54) is 6.42 Å². The Morgan fingerprint density at radius 1 is 1.28 bits per heavy atom. The SMILES string of the molecule is C=Cc1cc(C=C)c(=O)n2c1C1CNCC(C1)C2. The average molecular weight is 242 g/mol. The Labute approximate surface area is 107 Å². The van der Waals surface area contributed by atoms with E-state index in [9.17, 15) is 4.79 Å². The van der Waals surface area contributed by atoms with Gasteiger partial charge in [-0.2, -0.15) is 0 Å². The van der Waals surface area contributed by atoms with Crippen LogP contribution < -0.4 is 10.9 Å². The first kappa shape index (κ1) is 11.5. The predicted molar refractivity (Wildman–Crippen MR) is 74.6 cm³/mol. The van der Waals surface area contributed by atoms with Crippen LogP contribution in [0.1, 0.15) is 29.2 Å². The van der Waals surface area contributed by atoms with Gasteiger partial charge in [0, 0.05) is 30.3 Å². The Bertz CT molecular complexity index is 571. The summed E-state index contributed by atoms with van der Waals surface area (Å²) in [6.07, 6.45) is 4.68. The van der Waals surface area contributed by atoms with E-state index >= 15 is 0 Å². The molecule has 0 saturated carbocycles. The topological polar surface area (TPSA) is 34.0 Å². The minimum atomic E-state index is 0.0993. The fourth-order valence-electron chi connectivity index (χ4n) is 3.31. The molecule has 3 rings (SSSR count). The van der Waals surface area contributed by atoms with Crippen LogP contribution in [0.3, 0.4) is 0 Å². The smallest absolute Gasteiger partial charge is 0.258 e. The van der Waals surface area contributed by atoms with E-state index in [-0.39, 0.29) is 5.56 Å². The fraction of sp³-hybridized carbons (Fsp3) is 0.400. The molecule has 1 aromatic rings. The first-order valence-electron chi connectivity index (χ1n) is 6.48. The maximum Gasteiger partial charge on any atom is 0.258 e. The lowest BCUT2D eigenvalue weighted by Gasteiger charge is -2.38. The molecule has 0 aromatic carbocycles. The molecule has 3 heteroatoms. The number of piperidine rings is 1. The van der Waals surface area contributed by atoms with Crippen molar-refractivity contribution in [2.75, 3.05) is 13.1 Å². The van der Waals surface area contributed by atoms with Crippen LogP contribution >= 0.6 is 0 Å². The van der Waals surface area contributed by atoms with Crippen molar-refractivity contribution in [1.82, 2.24) is 9.88 Å². The van der Waals surface area contributed by atoms with Gasteiger partial charge in [0.05, 0.1) is 0 Å². The number of hydrogen-bond acceptors (Lipinski definition) is 2. The van der Waals surface area contributed by atoms with Crippen molar-refractivity contribution in [3.63, 3.8) is 0 Å². The van der Waals surface area contributed by atoms with Gasteiger partial charge in [0.2, 0.25) is 0 Å². The summed E-state index contributed by atoms with van der Waals surface area (Å²) in [7, 11) is 0. The third-order valence-electron chi connectivity index (χ3n) is 4.10. The lowest BCUT2D eigenvalue weighted by atomic mass is 9.82. The first-order chi connectivity index (χ1) is 8.74. The molecule has 1 saturated heterocycles. The molecular weight excluding hydrogens is 224 g/mol. The van der Waals surface area contributed by atoms with Gasteiger partial charge in [-0.15, -0.1) is 0 Å². The van der Waals surface area contributed by atoms with Crippen LogP contribution in [-0.2, 0) is 6.54 Å². The highest BCUT2D eigenvalue weighted by atomic mass is 16.1. The molecule has 0 radical (unpaired) electrons. The molecule has 0 spiro atoms. The van der Waals surface area contributed by atoms with Crippen LogP contribution in [0.15, 0.2) is 24.0 Å². The van der Waals surface area contributed by atoms with Gasteiger partial charge >= 0.3 is 0 Å². The minimum Gasteiger partial charge on any atom is -0.316 e. The van der Waals surface area contributed by atoms with E-state index in [4.69, 9.17) is 0 Å². The third-order valence-corrected chi connectivity index (χ3v) is 4.10. The largest absolute Gasteiger partial charge is 0.316 e. The maximum absolute atomic E-state index is 12.4. The van der Waals surface area contributed by atoms with Gasteiger partial charge in [-0.3, -0.25) is 4.79 Å². The standard InChI is InChI=1S/C15H18N2O/c1-3-11-6-12(4-2)15(18)17-9-10-5-13(14(11)17)8-16-7-10/h3-4,6,10,13,16H,1-2,5,7-9H2. The minimum absolute atomic E-state index is 0.0993. The summed E-state index contributed by atoms with van der Waals surface area (Å²) in [5.74, 6) is 1.02. The molecule has 18 heavy (non-hydrogen) atoms. The van der Waals surface area contributed by atoms with Gasteiger partial charge in [-0.1, -0.05) is 25.3 Å². The Hall–Kier alpha value is -1.61. The van der Waals surface area contributed by atoms with E-state index in [1.54, 1.807) is 6.08 Å². The molecule has 3 heterocycles. The summed E-state index contributed by atoms with van der Waals surface area (Å²) in [6, 6.07) is 1.92. The van der Waals surface area contributed by atoms with Gasteiger partial charge in [0.1, 0.15) is 0 Å². The summed E-state index contributed by atoms with van der Waals surface area (Å²) in [5, 5.41) is 3.46. The molecule has 0 aliphatic carbocycles. The molecule has 94 valence electrons. The molecule has 3 nitrogen and oxygen atoms in total. The molecule has 1 fully saturated rings. The molecule has 2 aliphatic heterocycles. The highest BCUT2D eigenvalue weighted by Crippen LogP contribution is 2.34. The molecule has 2 aliphatic rings. The van der Waals surface area contributed by atoms with Gasteiger partial charge in [0.15, 0.2) is 0 Å². The summed E-state index contributed by atoms with van der Waals surface area (Å²) >= 11 is 0. The quantitative estimate of drug-likeness (QED) is 0.858. The number of hydrogen-bond donors (Lipinski definition) is 1. The molecule has 2 bridgehead atoms. The monoisotopic (exact) mass is 242 g/mol. The third kappa shape index (κ3) is 1.58. The zero-order valence-corrected chi connectivity index (χ0v) is 10.5. The zero-order valence-electron chi connectivity index (χ0n) is 10.5. The van der Waals surface area contributed by atoms with Crippen molar-refractivity contribution in [2.45, 2.75) is 18.9 Å². The molecular formula is C15H18N2O. The van der Waals surface area contributed by atoms with Crippen LogP contribution in [0.4, 0.5) is 0 Å². The second-order valence-electron chi connectivity index (χ2n) is 5.22. The van der Waals surface area contributed by atoms with E-state index in [2.05, 4.69) is 18.5 Å². The van der Waals surface area contributed by atoms with E-state index < -0.39 is 0 Å². The summed E-state index contributed by atoms with van der Waals surface area (Å²) in [5.41, 5.74) is 3.02. The normalized spacial score (nSPS) is 25.3. The van der Waals surface area contributed by atoms with E-state index in [0.717, 1.165) is 30.9 Å². The van der Waals surface area contributed by atoms with Gasteiger partial charge in [-0.25, -0.2) is 0 Å². The van der Waals surface area contributed by atoms with Crippen molar-refractivity contribution in [3.05, 3.63) is 46.4 Å². The Kier molecular flexibility index (Phi) is 2.71. The van der Waals surface area contributed by atoms with E-state index in [1.807, 2.05) is 16.7 Å². The lowest BCUT2D eigenvalue weighted by molar-refractivity contribution is 0.257. The van der Waals surface area contributed by atoms with Crippen LogP contribution in [-0.4, -0.2) is 17.7 Å². The number of aromatic nitrogens is 1. The molecule has 0 amide bonds. The molecule has 1 aromatic heterocycles. The zero-order chi connectivity index (χ0) is 12.7. The summed E-state index contributed by atoms with van der Waals surface area (Å²) in [4.78, 5) is 12.4. The highest BCUT2D eigenvalue weighted by molar-refractivity contribution is 5.58. The number of fused-ring (bicyclic) bond motifs is 4. The maximum atomic E-state index is 12.4. The number of nitrogens with zero attached hydrogens (tertiary/aromatic N) is 1. The van der Waals surface area contributed by atoms with Gasteiger partial charge in [-0.05, 0) is 30.5 Å². The van der Waals surface area contributed by atoms with Crippen LogP contribution in [0.5, 0.6) is 0 Å². The molecule has 2 atom stereocenters. The van der Waals surface area contributed by atoms with Gasteiger partial charge in [0.25, 0.3) is 5.56 Å². The predicted octanol–water partition coefficient (Wildman–Crippen LogP) is 1.84. The number of nitrogens with one attached hydrogen (secondary N) is 1. The number of rotatable bonds is 2. The Balaban J connectivity index is 2.27. The molecule has 1 N–H and O–H groups in total. The van der Waals surface area contributed by atoms with Crippen LogP contribution in [0.25, 0.3) is 12.2 Å². The lowest BCUT2D eigenvalue weighted by Crippen LogP contribution is -2.45. The Morgan fingerprint density at radius 2 is 2.06 bits per heavy atom. The van der Waals surface area contributed by atoms with E-state index in [0.29, 0.717) is 17.4 Å². The second-order valence-corrected chi connectivity index (χ2v) is 5.22.